The van der Waals surface area contributed by atoms with Crippen molar-refractivity contribution in [3.05, 3.63) is 0 Å². The predicted molar refractivity (Wildman–Crippen MR) is 50.7 cm³/mol. The number of nitrogens with one attached hydrogen (secondary N) is 1. The summed E-state index contributed by atoms with van der Waals surface area (Å²) in [7, 11) is 0. The van der Waals surface area contributed by atoms with Crippen LogP contribution in [0, 0.1) is 5.92 Å². The Hall–Kier alpha value is -0.0800. The number of hydrogen-bond acceptors (Lipinski definition) is 1. The number of quaternary nitrogens is 1. The zero-order chi connectivity index (χ0) is 8.60. The highest BCUT2D eigenvalue weighted by atomic mass is 15.5. The van der Waals surface area contributed by atoms with Gasteiger partial charge in [0.2, 0.25) is 0 Å². The highest BCUT2D eigenvalue weighted by molar-refractivity contribution is 4.70. The van der Waals surface area contributed by atoms with Gasteiger partial charge in [-0.15, -0.1) is 0 Å². The van der Waals surface area contributed by atoms with Crippen LogP contribution in [-0.2, 0) is 0 Å². The van der Waals surface area contributed by atoms with E-state index in [-0.39, 0.29) is 0 Å². The number of nitrogens with zero attached hydrogens (tertiary/aromatic N) is 1. The van der Waals surface area contributed by atoms with Gasteiger partial charge in [0.05, 0.1) is 19.6 Å². The van der Waals surface area contributed by atoms with Crippen LogP contribution in [0.15, 0.2) is 0 Å². The lowest BCUT2D eigenvalue weighted by atomic mass is 10.1. The van der Waals surface area contributed by atoms with E-state index in [1.807, 2.05) is 0 Å². The second-order valence-electron chi connectivity index (χ2n) is 4.74. The summed E-state index contributed by atoms with van der Waals surface area (Å²) < 4.78 is 1.36. The second kappa shape index (κ2) is 3.00. The molecule has 2 nitrogen and oxygen atoms in total. The molecule has 12 heavy (non-hydrogen) atoms. The standard InChI is InChI=1S/C10H21N2/c1-9-7-11-10(2)12(8-9)5-3-4-6-12/h9-11H,3-8H2,1-2H3/q+1. The summed E-state index contributed by atoms with van der Waals surface area (Å²) in [6.45, 7) is 10.2. The highest BCUT2D eigenvalue weighted by Gasteiger charge is 2.41. The third-order valence-electron chi connectivity index (χ3n) is 3.72. The maximum atomic E-state index is 3.64. The fourth-order valence-corrected chi connectivity index (χ4v) is 2.94. The first-order chi connectivity index (χ1) is 5.73. The molecule has 0 bridgehead atoms. The van der Waals surface area contributed by atoms with Crippen molar-refractivity contribution in [2.45, 2.75) is 32.9 Å². The van der Waals surface area contributed by atoms with E-state index in [4.69, 9.17) is 0 Å². The van der Waals surface area contributed by atoms with E-state index in [1.54, 1.807) is 0 Å². The molecule has 2 rings (SSSR count). The molecule has 2 aliphatic rings. The minimum Gasteiger partial charge on any atom is -0.309 e. The van der Waals surface area contributed by atoms with Gasteiger partial charge in [-0.3, -0.25) is 5.32 Å². The molecule has 0 aromatic heterocycles. The van der Waals surface area contributed by atoms with E-state index in [0.29, 0.717) is 6.17 Å². The van der Waals surface area contributed by atoms with Crippen LogP contribution >= 0.6 is 0 Å². The van der Waals surface area contributed by atoms with Crippen molar-refractivity contribution in [3.63, 3.8) is 0 Å². The summed E-state index contributed by atoms with van der Waals surface area (Å²) in [6, 6.07) is 0. The smallest absolute Gasteiger partial charge is 0.140 e. The molecule has 2 heteroatoms. The molecule has 2 saturated heterocycles. The van der Waals surface area contributed by atoms with Crippen molar-refractivity contribution < 1.29 is 4.48 Å². The van der Waals surface area contributed by atoms with E-state index < -0.39 is 0 Å². The Labute approximate surface area is 75.5 Å². The average molecular weight is 169 g/mol. The van der Waals surface area contributed by atoms with Crippen molar-refractivity contribution in [3.8, 4) is 0 Å². The molecule has 0 saturated carbocycles. The van der Waals surface area contributed by atoms with Gasteiger partial charge < -0.3 is 4.48 Å². The Kier molecular flexibility index (Phi) is 2.13. The Morgan fingerprint density at radius 3 is 2.50 bits per heavy atom. The van der Waals surface area contributed by atoms with Crippen molar-refractivity contribution in [1.82, 2.24) is 5.32 Å². The first-order valence-corrected chi connectivity index (χ1v) is 5.32. The number of rotatable bonds is 0. The van der Waals surface area contributed by atoms with Gasteiger partial charge in [-0.1, -0.05) is 6.92 Å². The summed E-state index contributed by atoms with van der Waals surface area (Å²) >= 11 is 0. The Bertz CT molecular complexity index is 161. The van der Waals surface area contributed by atoms with E-state index in [2.05, 4.69) is 19.2 Å². The van der Waals surface area contributed by atoms with Crippen molar-refractivity contribution in [2.75, 3.05) is 26.2 Å². The summed E-state index contributed by atoms with van der Waals surface area (Å²) in [5.74, 6) is 0.874. The molecule has 2 aliphatic heterocycles. The monoisotopic (exact) mass is 169 g/mol. The molecular formula is C10H21N2+. The third-order valence-corrected chi connectivity index (χ3v) is 3.72. The zero-order valence-corrected chi connectivity index (χ0v) is 8.34. The van der Waals surface area contributed by atoms with Gasteiger partial charge in [-0.25, -0.2) is 0 Å². The highest BCUT2D eigenvalue weighted by Crippen LogP contribution is 2.27. The first kappa shape index (κ1) is 8.52. The van der Waals surface area contributed by atoms with Gasteiger partial charge in [0.1, 0.15) is 6.17 Å². The van der Waals surface area contributed by atoms with Crippen LogP contribution < -0.4 is 5.32 Å². The average Bonchev–Trinajstić information content (AvgIpc) is 2.48. The molecule has 2 fully saturated rings. The summed E-state index contributed by atoms with van der Waals surface area (Å²) in [4.78, 5) is 0. The predicted octanol–water partition coefficient (Wildman–Crippen LogP) is 1.18. The molecule has 1 spiro atoms. The molecular weight excluding hydrogens is 148 g/mol. The molecule has 0 amide bonds. The van der Waals surface area contributed by atoms with Crippen LogP contribution in [-0.4, -0.2) is 36.8 Å². The molecule has 70 valence electrons. The molecule has 2 heterocycles. The summed E-state index contributed by atoms with van der Waals surface area (Å²) in [5, 5.41) is 3.64. The Morgan fingerprint density at radius 2 is 1.83 bits per heavy atom. The van der Waals surface area contributed by atoms with Crippen molar-refractivity contribution >= 4 is 0 Å². The fraction of sp³-hybridized carbons (Fsp3) is 1.00. The SMILES string of the molecule is CC1CNC(C)[N+]2(CCCC2)C1. The van der Waals surface area contributed by atoms with Crippen LogP contribution in [0.25, 0.3) is 0 Å². The summed E-state index contributed by atoms with van der Waals surface area (Å²) in [5.41, 5.74) is 0. The van der Waals surface area contributed by atoms with E-state index >= 15 is 0 Å². The van der Waals surface area contributed by atoms with Gasteiger partial charge in [0, 0.05) is 32.2 Å². The first-order valence-electron chi connectivity index (χ1n) is 5.32. The lowest BCUT2D eigenvalue weighted by molar-refractivity contribution is -0.949. The fourth-order valence-electron chi connectivity index (χ4n) is 2.94. The quantitative estimate of drug-likeness (QED) is 0.537. The normalized spacial score (nSPS) is 40.5. The van der Waals surface area contributed by atoms with E-state index in [9.17, 15) is 0 Å². The van der Waals surface area contributed by atoms with Crippen molar-refractivity contribution in [2.24, 2.45) is 5.92 Å². The van der Waals surface area contributed by atoms with Crippen LogP contribution in [0.2, 0.25) is 0 Å². The molecule has 0 aliphatic carbocycles. The maximum absolute atomic E-state index is 3.64. The number of hydrogen-bond donors (Lipinski definition) is 1. The van der Waals surface area contributed by atoms with Crippen LogP contribution in [0.4, 0.5) is 0 Å². The van der Waals surface area contributed by atoms with Crippen LogP contribution in [0.3, 0.4) is 0 Å². The Balaban J connectivity index is 2.09. The topological polar surface area (TPSA) is 12.0 Å². The van der Waals surface area contributed by atoms with E-state index in [0.717, 1.165) is 5.92 Å². The summed E-state index contributed by atoms with van der Waals surface area (Å²) in [6.07, 6.45) is 3.60. The zero-order valence-electron chi connectivity index (χ0n) is 8.34. The second-order valence-corrected chi connectivity index (χ2v) is 4.74. The van der Waals surface area contributed by atoms with Gasteiger partial charge in [0.25, 0.3) is 0 Å². The lowest BCUT2D eigenvalue weighted by Crippen LogP contribution is -2.64. The largest absolute Gasteiger partial charge is 0.309 e. The minimum atomic E-state index is 0.712. The molecule has 0 radical (unpaired) electrons. The molecule has 0 aromatic carbocycles. The van der Waals surface area contributed by atoms with Gasteiger partial charge in [0.15, 0.2) is 0 Å². The van der Waals surface area contributed by atoms with Gasteiger partial charge >= 0.3 is 0 Å². The lowest BCUT2D eigenvalue weighted by Gasteiger charge is -2.46. The minimum absolute atomic E-state index is 0.712. The van der Waals surface area contributed by atoms with Gasteiger partial charge in [-0.2, -0.15) is 0 Å². The Morgan fingerprint density at radius 1 is 1.17 bits per heavy atom. The molecule has 2 unspecified atom stereocenters. The van der Waals surface area contributed by atoms with Gasteiger partial charge in [-0.05, 0) is 0 Å². The van der Waals surface area contributed by atoms with Crippen LogP contribution in [0.1, 0.15) is 26.7 Å². The maximum Gasteiger partial charge on any atom is 0.140 e. The van der Waals surface area contributed by atoms with Crippen molar-refractivity contribution in [1.29, 1.82) is 0 Å². The third kappa shape index (κ3) is 1.27. The van der Waals surface area contributed by atoms with Crippen LogP contribution in [0.5, 0.6) is 0 Å². The molecule has 0 aromatic rings. The van der Waals surface area contributed by atoms with E-state index in [1.165, 1.54) is 43.5 Å². The molecule has 2 atom stereocenters. The molecule has 1 N–H and O–H groups in total.